The molecule has 0 amide bonds. The number of aliphatic imine (C=N–C) groups is 1. The Labute approximate surface area is 157 Å². The van der Waals surface area contributed by atoms with E-state index in [0.29, 0.717) is 6.04 Å². The van der Waals surface area contributed by atoms with E-state index >= 15 is 0 Å². The van der Waals surface area contributed by atoms with E-state index in [1.54, 1.807) is 6.26 Å². The summed E-state index contributed by atoms with van der Waals surface area (Å²) in [7, 11) is 1.84. The van der Waals surface area contributed by atoms with Gasteiger partial charge in [0.15, 0.2) is 5.96 Å². The molecule has 132 valence electrons. The Kier molecular flexibility index (Phi) is 9.62. The minimum atomic E-state index is 0. The highest BCUT2D eigenvalue weighted by molar-refractivity contribution is 14.0. The maximum atomic E-state index is 5.64. The van der Waals surface area contributed by atoms with Crippen molar-refractivity contribution >= 4 is 29.9 Å². The highest BCUT2D eigenvalue weighted by Crippen LogP contribution is 2.20. The zero-order valence-electron chi connectivity index (χ0n) is 14.5. The van der Waals surface area contributed by atoms with Gasteiger partial charge in [-0.3, -0.25) is 9.89 Å². The van der Waals surface area contributed by atoms with Gasteiger partial charge in [0.05, 0.1) is 12.3 Å². The van der Waals surface area contributed by atoms with Gasteiger partial charge in [0.2, 0.25) is 0 Å². The lowest BCUT2D eigenvalue weighted by molar-refractivity contribution is 0.193. The molecule has 1 unspecified atom stereocenters. The van der Waals surface area contributed by atoms with Crippen LogP contribution in [0.2, 0.25) is 0 Å². The van der Waals surface area contributed by atoms with Crippen molar-refractivity contribution in [2.75, 3.05) is 26.7 Å². The van der Waals surface area contributed by atoms with Crippen molar-refractivity contribution in [3.63, 3.8) is 0 Å². The first-order chi connectivity index (χ1) is 10.8. The van der Waals surface area contributed by atoms with Crippen LogP contribution >= 0.6 is 24.0 Å². The minimum absolute atomic E-state index is 0. The topological polar surface area (TPSA) is 52.8 Å². The lowest BCUT2D eigenvalue weighted by Gasteiger charge is -2.29. The Balaban J connectivity index is 0.00000264. The summed E-state index contributed by atoms with van der Waals surface area (Å²) in [5.74, 6) is 1.91. The molecule has 1 aliphatic carbocycles. The third-order valence-electron chi connectivity index (χ3n) is 4.51. The van der Waals surface area contributed by atoms with Gasteiger partial charge in [-0.15, -0.1) is 24.0 Å². The molecule has 0 radical (unpaired) electrons. The van der Waals surface area contributed by atoms with Gasteiger partial charge in [0.25, 0.3) is 0 Å². The fourth-order valence-corrected chi connectivity index (χ4v) is 3.21. The first-order valence-electron chi connectivity index (χ1n) is 8.53. The SMILES string of the molecule is CCN(CC)C(CNC(=NC)NC1CCCC1)c1ccco1.I. The molecule has 1 atom stereocenters. The molecular formula is C17H31IN4O. The molecule has 6 heteroatoms. The standard InChI is InChI=1S/C17H30N4O.HI/c1-4-21(5-2)15(16-11-8-12-22-16)13-19-17(18-3)20-14-9-6-7-10-14;/h8,11-12,14-15H,4-7,9-10,13H2,1-3H3,(H2,18,19,20);1H. The normalized spacial score (nSPS) is 17.1. The van der Waals surface area contributed by atoms with Gasteiger partial charge in [-0.1, -0.05) is 26.7 Å². The van der Waals surface area contributed by atoms with Crippen LogP contribution in [0.15, 0.2) is 27.8 Å². The predicted octanol–water partition coefficient (Wildman–Crippen LogP) is 3.39. The number of guanidine groups is 1. The van der Waals surface area contributed by atoms with Crippen LogP contribution in [0.4, 0.5) is 0 Å². The van der Waals surface area contributed by atoms with Gasteiger partial charge in [0.1, 0.15) is 5.76 Å². The number of likely N-dealkylation sites (N-methyl/N-ethyl adjacent to an activating group) is 1. The summed E-state index contributed by atoms with van der Waals surface area (Å²) in [6.45, 7) is 7.16. The van der Waals surface area contributed by atoms with E-state index in [9.17, 15) is 0 Å². The molecule has 1 aliphatic rings. The van der Waals surface area contributed by atoms with Crippen LogP contribution in [-0.4, -0.2) is 43.6 Å². The van der Waals surface area contributed by atoms with E-state index < -0.39 is 0 Å². The Morgan fingerprint density at radius 3 is 2.57 bits per heavy atom. The van der Waals surface area contributed by atoms with Crippen LogP contribution in [0, 0.1) is 0 Å². The average Bonchev–Trinajstić information content (AvgIpc) is 3.23. The zero-order chi connectivity index (χ0) is 15.8. The van der Waals surface area contributed by atoms with Crippen molar-refractivity contribution in [3.05, 3.63) is 24.2 Å². The van der Waals surface area contributed by atoms with Crippen molar-refractivity contribution < 1.29 is 4.42 Å². The van der Waals surface area contributed by atoms with E-state index in [-0.39, 0.29) is 30.0 Å². The number of halogens is 1. The molecule has 0 aromatic carbocycles. The lowest BCUT2D eigenvalue weighted by Crippen LogP contribution is -2.46. The van der Waals surface area contributed by atoms with Gasteiger partial charge in [-0.05, 0) is 38.1 Å². The van der Waals surface area contributed by atoms with Gasteiger partial charge in [-0.25, -0.2) is 0 Å². The van der Waals surface area contributed by atoms with Crippen LogP contribution in [0.5, 0.6) is 0 Å². The Morgan fingerprint density at radius 1 is 1.35 bits per heavy atom. The molecule has 1 heterocycles. The summed E-state index contributed by atoms with van der Waals surface area (Å²) < 4.78 is 5.64. The van der Waals surface area contributed by atoms with E-state index in [2.05, 4.69) is 40.4 Å². The minimum Gasteiger partial charge on any atom is -0.468 e. The molecule has 1 aromatic rings. The Morgan fingerprint density at radius 2 is 2.04 bits per heavy atom. The summed E-state index contributed by atoms with van der Waals surface area (Å²) >= 11 is 0. The molecule has 5 nitrogen and oxygen atoms in total. The van der Waals surface area contributed by atoms with Crippen LogP contribution in [0.1, 0.15) is 51.3 Å². The summed E-state index contributed by atoms with van der Waals surface area (Å²) in [4.78, 5) is 6.76. The summed E-state index contributed by atoms with van der Waals surface area (Å²) in [6, 6.07) is 4.81. The second-order valence-corrected chi connectivity index (χ2v) is 5.83. The third-order valence-corrected chi connectivity index (χ3v) is 4.51. The van der Waals surface area contributed by atoms with Crippen molar-refractivity contribution in [1.82, 2.24) is 15.5 Å². The molecule has 0 bridgehead atoms. The quantitative estimate of drug-likeness (QED) is 0.393. The number of nitrogens with zero attached hydrogens (tertiary/aromatic N) is 2. The first-order valence-corrected chi connectivity index (χ1v) is 8.53. The smallest absolute Gasteiger partial charge is 0.191 e. The number of nitrogens with one attached hydrogen (secondary N) is 2. The summed E-state index contributed by atoms with van der Waals surface area (Å²) in [6.07, 6.45) is 6.89. The van der Waals surface area contributed by atoms with Gasteiger partial charge in [-0.2, -0.15) is 0 Å². The zero-order valence-corrected chi connectivity index (χ0v) is 16.9. The van der Waals surface area contributed by atoms with E-state index in [1.807, 2.05) is 13.1 Å². The summed E-state index contributed by atoms with van der Waals surface area (Å²) in [5, 5.41) is 7.00. The van der Waals surface area contributed by atoms with Gasteiger partial charge >= 0.3 is 0 Å². The fourth-order valence-electron chi connectivity index (χ4n) is 3.21. The Bertz CT molecular complexity index is 439. The third kappa shape index (κ3) is 5.99. The van der Waals surface area contributed by atoms with Crippen LogP contribution in [0.25, 0.3) is 0 Å². The number of hydrogen-bond acceptors (Lipinski definition) is 3. The highest BCUT2D eigenvalue weighted by Gasteiger charge is 2.22. The molecule has 1 fully saturated rings. The van der Waals surface area contributed by atoms with Crippen LogP contribution in [0.3, 0.4) is 0 Å². The second kappa shape index (κ2) is 10.9. The van der Waals surface area contributed by atoms with Gasteiger partial charge < -0.3 is 15.1 Å². The first kappa shape index (κ1) is 20.3. The van der Waals surface area contributed by atoms with Crippen molar-refractivity contribution in [2.24, 2.45) is 4.99 Å². The van der Waals surface area contributed by atoms with Crippen molar-refractivity contribution in [3.8, 4) is 0 Å². The monoisotopic (exact) mass is 434 g/mol. The second-order valence-electron chi connectivity index (χ2n) is 5.83. The van der Waals surface area contributed by atoms with Gasteiger partial charge in [0, 0.05) is 19.6 Å². The van der Waals surface area contributed by atoms with Crippen molar-refractivity contribution in [1.29, 1.82) is 0 Å². The molecule has 0 saturated heterocycles. The molecule has 2 N–H and O–H groups in total. The van der Waals surface area contributed by atoms with Crippen molar-refractivity contribution in [2.45, 2.75) is 51.6 Å². The largest absolute Gasteiger partial charge is 0.468 e. The number of furan rings is 1. The predicted molar refractivity (Wildman–Crippen MR) is 107 cm³/mol. The Hall–Kier alpha value is -0.760. The lowest BCUT2D eigenvalue weighted by atomic mass is 10.2. The number of rotatable bonds is 7. The molecule has 0 spiro atoms. The number of hydrogen-bond donors (Lipinski definition) is 2. The summed E-state index contributed by atoms with van der Waals surface area (Å²) in [5.41, 5.74) is 0. The van der Waals surface area contributed by atoms with E-state index in [1.165, 1.54) is 25.7 Å². The fraction of sp³-hybridized carbons (Fsp3) is 0.706. The average molecular weight is 434 g/mol. The molecule has 1 aromatic heterocycles. The van der Waals surface area contributed by atoms with E-state index in [0.717, 1.165) is 31.4 Å². The maximum absolute atomic E-state index is 5.64. The van der Waals surface area contributed by atoms with Crippen LogP contribution in [-0.2, 0) is 0 Å². The maximum Gasteiger partial charge on any atom is 0.191 e. The highest BCUT2D eigenvalue weighted by atomic mass is 127. The molecule has 0 aliphatic heterocycles. The van der Waals surface area contributed by atoms with Crippen LogP contribution < -0.4 is 10.6 Å². The van der Waals surface area contributed by atoms with E-state index in [4.69, 9.17) is 4.42 Å². The molecule has 2 rings (SSSR count). The molecule has 23 heavy (non-hydrogen) atoms. The molecular weight excluding hydrogens is 403 g/mol. The molecule has 1 saturated carbocycles.